The average molecular weight is 521 g/mol. The van der Waals surface area contributed by atoms with Crippen molar-refractivity contribution >= 4 is 56.8 Å². The number of carbonyl (C=O) groups excluding carboxylic acids is 3. The van der Waals surface area contributed by atoms with E-state index >= 15 is 0 Å². The predicted octanol–water partition coefficient (Wildman–Crippen LogP) is 3.26. The number of nitrogens with one attached hydrogen (secondary N) is 3. The second-order valence-electron chi connectivity index (χ2n) is 7.35. The molecule has 0 unspecified atom stereocenters. The number of nitrogens with zero attached hydrogens (tertiary/aromatic N) is 3. The van der Waals surface area contributed by atoms with Gasteiger partial charge in [0.2, 0.25) is 11.7 Å². The fraction of sp³-hybridized carbons (Fsp3) is 0.136. The van der Waals surface area contributed by atoms with Gasteiger partial charge in [0, 0.05) is 27.1 Å². The van der Waals surface area contributed by atoms with E-state index < -0.39 is 60.5 Å². The van der Waals surface area contributed by atoms with Crippen LogP contribution in [0.3, 0.4) is 0 Å². The van der Waals surface area contributed by atoms with E-state index in [4.69, 9.17) is 17.1 Å². The van der Waals surface area contributed by atoms with Gasteiger partial charge in [-0.3, -0.25) is 14.4 Å². The third-order valence-corrected chi connectivity index (χ3v) is 6.32. The lowest BCUT2D eigenvalue weighted by molar-refractivity contribution is -0.123. The monoisotopic (exact) mass is 520 g/mol. The molecule has 0 spiro atoms. The number of imidazole rings is 1. The van der Waals surface area contributed by atoms with Crippen LogP contribution >= 0.6 is 23.1 Å². The number of halogens is 3. The molecule has 1 aliphatic heterocycles. The molecule has 3 N–H and O–H groups in total. The number of amides is 3. The topological polar surface area (TPSA) is 118 Å². The molecular formula is C22H15ClF2N6O3S. The highest BCUT2D eigenvalue weighted by atomic mass is 35.5. The molecule has 9 nitrogen and oxygen atoms in total. The van der Waals surface area contributed by atoms with Crippen molar-refractivity contribution in [1.82, 2.24) is 24.6 Å². The smallest absolute Gasteiger partial charge is 0.287 e. The van der Waals surface area contributed by atoms with Crippen molar-refractivity contribution in [3.05, 3.63) is 75.8 Å². The Kier molecular flexibility index (Phi) is 4.59. The lowest BCUT2D eigenvalue weighted by Gasteiger charge is -2.28. The minimum absolute atomic E-state index is 0.131. The number of hydrogen-bond donors (Lipinski definition) is 3. The highest BCUT2D eigenvalue weighted by molar-refractivity contribution is 7.13. The van der Waals surface area contributed by atoms with Crippen LogP contribution in [-0.4, -0.2) is 38.6 Å². The first kappa shape index (κ1) is 18.4. The first-order chi connectivity index (χ1) is 18.3. The molecule has 0 radical (unpaired) electrons. The van der Waals surface area contributed by atoms with Crippen LogP contribution in [0.2, 0.25) is 5.02 Å². The largest absolute Gasteiger partial charge is 0.352 e. The van der Waals surface area contributed by atoms with Gasteiger partial charge in [-0.1, -0.05) is 11.6 Å². The first-order valence-corrected chi connectivity index (χ1v) is 11.0. The molecule has 0 aliphatic carbocycles. The SMILES string of the molecule is [2H]C([2H])([2H])NC(=O)c1nc(NC(=O)c2nsc3ccc(F)cc23)c2n1CC(=O)N[C@]2([2H])c1cc(F)ccc1Cl. The summed E-state index contributed by atoms with van der Waals surface area (Å²) in [5.74, 6) is -5.42. The van der Waals surface area contributed by atoms with Crippen LogP contribution in [0.25, 0.3) is 10.1 Å². The van der Waals surface area contributed by atoms with E-state index in [1.165, 1.54) is 12.1 Å². The molecule has 3 heterocycles. The summed E-state index contributed by atoms with van der Waals surface area (Å²) >= 11 is 7.18. The maximum Gasteiger partial charge on any atom is 0.287 e. The molecule has 1 aliphatic rings. The summed E-state index contributed by atoms with van der Waals surface area (Å²) in [5.41, 5.74) is -0.758. The molecule has 13 heteroatoms. The van der Waals surface area contributed by atoms with Crippen molar-refractivity contribution in [3.63, 3.8) is 0 Å². The van der Waals surface area contributed by atoms with Crippen molar-refractivity contribution in [1.29, 1.82) is 0 Å². The molecule has 0 bridgehead atoms. The van der Waals surface area contributed by atoms with Gasteiger partial charge in [0.1, 0.15) is 23.9 Å². The van der Waals surface area contributed by atoms with Gasteiger partial charge in [0.25, 0.3) is 11.8 Å². The highest BCUT2D eigenvalue weighted by Crippen LogP contribution is 2.36. The molecular weight excluding hydrogens is 502 g/mol. The Morgan fingerprint density at radius 3 is 2.83 bits per heavy atom. The van der Waals surface area contributed by atoms with E-state index in [2.05, 4.69) is 20.0 Å². The van der Waals surface area contributed by atoms with Crippen molar-refractivity contribution in [2.45, 2.75) is 12.6 Å². The van der Waals surface area contributed by atoms with Crippen LogP contribution in [0.15, 0.2) is 36.4 Å². The highest BCUT2D eigenvalue weighted by Gasteiger charge is 2.36. The number of anilines is 1. The number of benzene rings is 2. The maximum absolute atomic E-state index is 14.2. The summed E-state index contributed by atoms with van der Waals surface area (Å²) in [6, 6.07) is 4.42. The van der Waals surface area contributed by atoms with Crippen molar-refractivity contribution in [3.8, 4) is 0 Å². The standard InChI is InChI=1S/C22H15ClF2N6O3S/c1-26-22(34)20-28-19(29-21(33)17-12-7-10(25)3-5-14(12)35-30-17)18-16(27-15(32)8-31(18)20)11-6-9(24)2-4-13(11)23/h2-7,16H,8H2,1H3,(H,26,34)(H,27,32)(H,29,33)/t16-/m1/s1/i1D3,16D. The van der Waals surface area contributed by atoms with Gasteiger partial charge in [-0.05, 0) is 47.9 Å². The number of fused-ring (bicyclic) bond motifs is 2. The summed E-state index contributed by atoms with van der Waals surface area (Å²) in [6.45, 7) is -3.53. The molecule has 0 saturated carbocycles. The molecule has 178 valence electrons. The van der Waals surface area contributed by atoms with Gasteiger partial charge in [0.05, 0.1) is 17.8 Å². The van der Waals surface area contributed by atoms with Crippen LogP contribution in [0, 0.1) is 11.6 Å². The Morgan fingerprint density at radius 1 is 1.26 bits per heavy atom. The number of hydrogen-bond acceptors (Lipinski definition) is 6. The van der Waals surface area contributed by atoms with Gasteiger partial charge >= 0.3 is 0 Å². The molecule has 2 aromatic carbocycles. The lowest BCUT2D eigenvalue weighted by atomic mass is 10.0. The van der Waals surface area contributed by atoms with Crippen LogP contribution in [0.5, 0.6) is 0 Å². The zero-order valence-corrected chi connectivity index (χ0v) is 18.9. The molecule has 4 aromatic rings. The quantitative estimate of drug-likeness (QED) is 0.382. The third-order valence-electron chi connectivity index (χ3n) is 5.16. The van der Waals surface area contributed by atoms with Crippen molar-refractivity contribution in [2.75, 3.05) is 12.3 Å². The first-order valence-electron chi connectivity index (χ1n) is 11.8. The summed E-state index contributed by atoms with van der Waals surface area (Å²) in [7, 11) is 0. The zero-order chi connectivity index (χ0) is 28.3. The van der Waals surface area contributed by atoms with Crippen LogP contribution in [0.1, 0.15) is 43.9 Å². The number of carbonyl (C=O) groups is 3. The lowest BCUT2D eigenvalue weighted by Crippen LogP contribution is -2.41. The van der Waals surface area contributed by atoms with Gasteiger partial charge in [0.15, 0.2) is 5.82 Å². The van der Waals surface area contributed by atoms with E-state index in [1.807, 2.05) is 0 Å². The zero-order valence-electron chi connectivity index (χ0n) is 21.3. The maximum atomic E-state index is 14.2. The predicted molar refractivity (Wildman–Crippen MR) is 125 cm³/mol. The molecule has 0 fully saturated rings. The van der Waals surface area contributed by atoms with Gasteiger partial charge in [-0.25, -0.2) is 13.8 Å². The molecule has 5 rings (SSSR count). The number of rotatable bonds is 4. The summed E-state index contributed by atoms with van der Waals surface area (Å²) < 4.78 is 64.8. The third kappa shape index (κ3) is 4.00. The normalized spacial score (nSPS) is 19.1. The molecule has 0 saturated heterocycles. The van der Waals surface area contributed by atoms with E-state index in [1.54, 1.807) is 5.32 Å². The Hall–Kier alpha value is -3.90. The Labute approximate surface area is 210 Å². The Balaban J connectivity index is 1.69. The van der Waals surface area contributed by atoms with Gasteiger partial charge < -0.3 is 20.5 Å². The number of aromatic nitrogens is 3. The van der Waals surface area contributed by atoms with Crippen molar-refractivity contribution in [2.24, 2.45) is 0 Å². The average Bonchev–Trinajstić information content (AvgIpc) is 3.41. The van der Waals surface area contributed by atoms with Crippen LogP contribution in [0.4, 0.5) is 14.6 Å². The summed E-state index contributed by atoms with van der Waals surface area (Å²) in [5, 5.41) is 6.60. The van der Waals surface area contributed by atoms with Gasteiger partial charge in [-0.2, -0.15) is 4.37 Å². The van der Waals surface area contributed by atoms with Gasteiger partial charge in [-0.15, -0.1) is 0 Å². The molecule has 1 atom stereocenters. The molecule has 2 aromatic heterocycles. The summed E-state index contributed by atoms with van der Waals surface area (Å²) in [4.78, 5) is 42.8. The fourth-order valence-corrected chi connectivity index (χ4v) is 4.65. The van der Waals surface area contributed by atoms with Crippen LogP contribution in [-0.2, 0) is 11.3 Å². The summed E-state index contributed by atoms with van der Waals surface area (Å²) in [6.07, 6.45) is 0. The van der Waals surface area contributed by atoms with E-state index in [0.29, 0.717) is 4.70 Å². The Morgan fingerprint density at radius 2 is 2.03 bits per heavy atom. The van der Waals surface area contributed by atoms with Crippen LogP contribution < -0.4 is 16.0 Å². The molecule has 3 amide bonds. The molecule has 35 heavy (non-hydrogen) atoms. The second-order valence-corrected chi connectivity index (χ2v) is 8.56. The van der Waals surface area contributed by atoms with E-state index in [9.17, 15) is 23.2 Å². The minimum Gasteiger partial charge on any atom is -0.352 e. The second kappa shape index (κ2) is 8.71. The Bertz CT molecular complexity index is 1690. The van der Waals surface area contributed by atoms with E-state index in [-0.39, 0.29) is 27.4 Å². The fourth-order valence-electron chi connectivity index (χ4n) is 3.68. The van der Waals surface area contributed by atoms with Crippen molar-refractivity contribution < 1.29 is 28.6 Å². The van der Waals surface area contributed by atoms with E-state index in [0.717, 1.165) is 40.4 Å². The minimum atomic E-state index is -2.93.